The van der Waals surface area contributed by atoms with Crippen molar-refractivity contribution in [2.24, 2.45) is 10.9 Å². The standard InChI is InChI=1S/C31H32N2O2/c1-31(2)24-13-7-9-15-26(24)33(17-16-20-10-4-3-5-11-20)27(31)18-22-29(34)28(30(22)35)23-19-32-25-14-8-6-12-21(23)25/h6-9,12-15,18-20,34H,3-5,10-11,16-17H2,1-2H3. The number of para-hydroxylation sites is 2. The third-order valence-corrected chi connectivity index (χ3v) is 8.33. The van der Waals surface area contributed by atoms with Crippen LogP contribution < -0.4 is 4.90 Å². The minimum Gasteiger partial charge on any atom is -0.506 e. The summed E-state index contributed by atoms with van der Waals surface area (Å²) in [4.78, 5) is 20.2. The number of carbonyl (C=O) groups excluding carboxylic acids is 1. The molecule has 2 aliphatic heterocycles. The monoisotopic (exact) mass is 464 g/mol. The first kappa shape index (κ1) is 22.1. The van der Waals surface area contributed by atoms with Crippen LogP contribution >= 0.6 is 0 Å². The van der Waals surface area contributed by atoms with Crippen LogP contribution in [0.4, 0.5) is 11.4 Å². The quantitative estimate of drug-likeness (QED) is 0.487. The van der Waals surface area contributed by atoms with Gasteiger partial charge in [0.25, 0.3) is 0 Å². The van der Waals surface area contributed by atoms with E-state index in [1.54, 1.807) is 6.21 Å². The molecular formula is C31H32N2O2. The van der Waals surface area contributed by atoms with Gasteiger partial charge in [0.05, 0.1) is 16.8 Å². The van der Waals surface area contributed by atoms with Crippen molar-refractivity contribution in [1.29, 1.82) is 0 Å². The number of nitrogens with zero attached hydrogens (tertiary/aromatic N) is 2. The Morgan fingerprint density at radius 3 is 2.60 bits per heavy atom. The zero-order valence-electron chi connectivity index (χ0n) is 20.6. The van der Waals surface area contributed by atoms with Crippen molar-refractivity contribution in [3.63, 3.8) is 0 Å². The van der Waals surface area contributed by atoms with Crippen molar-refractivity contribution < 1.29 is 9.90 Å². The molecule has 1 saturated carbocycles. The molecule has 0 atom stereocenters. The smallest absolute Gasteiger partial charge is 0.201 e. The Morgan fingerprint density at radius 1 is 1.06 bits per heavy atom. The number of aliphatic hydroxyl groups is 1. The van der Waals surface area contributed by atoms with Crippen LogP contribution in [0.25, 0.3) is 5.57 Å². The van der Waals surface area contributed by atoms with Crippen LogP contribution in [0, 0.1) is 5.92 Å². The fraction of sp³-hybridized carbons (Fsp3) is 0.355. The summed E-state index contributed by atoms with van der Waals surface area (Å²) in [5, 5.41) is 11.1. The first-order chi connectivity index (χ1) is 17.0. The van der Waals surface area contributed by atoms with Crippen molar-refractivity contribution in [3.05, 3.63) is 88.3 Å². The molecular weight excluding hydrogens is 432 g/mol. The topological polar surface area (TPSA) is 52.9 Å². The summed E-state index contributed by atoms with van der Waals surface area (Å²) < 4.78 is 0. The predicted octanol–water partition coefficient (Wildman–Crippen LogP) is 7.20. The molecule has 0 saturated heterocycles. The number of aliphatic hydroxyl groups excluding tert-OH is 1. The van der Waals surface area contributed by atoms with Gasteiger partial charge in [-0.25, -0.2) is 0 Å². The van der Waals surface area contributed by atoms with Gasteiger partial charge in [0.2, 0.25) is 5.78 Å². The molecule has 0 spiro atoms. The number of benzene rings is 2. The number of fused-ring (bicyclic) bond motifs is 2. The van der Waals surface area contributed by atoms with E-state index < -0.39 is 0 Å². The maximum atomic E-state index is 13.4. The van der Waals surface area contributed by atoms with Crippen molar-refractivity contribution in [1.82, 2.24) is 0 Å². The highest BCUT2D eigenvalue weighted by molar-refractivity contribution is 6.33. The Bertz CT molecular complexity index is 1340. The van der Waals surface area contributed by atoms with Crippen molar-refractivity contribution in [2.75, 3.05) is 11.4 Å². The lowest BCUT2D eigenvalue weighted by Gasteiger charge is -2.31. The maximum absolute atomic E-state index is 13.4. The molecule has 4 aliphatic rings. The second-order valence-corrected chi connectivity index (χ2v) is 10.8. The molecule has 1 N–H and O–H groups in total. The van der Waals surface area contributed by atoms with Crippen LogP contribution in [-0.4, -0.2) is 23.6 Å². The molecule has 0 aromatic heterocycles. The van der Waals surface area contributed by atoms with E-state index in [1.807, 2.05) is 30.3 Å². The van der Waals surface area contributed by atoms with Gasteiger partial charge in [-0.05, 0) is 36.1 Å². The Kier molecular flexibility index (Phi) is 5.28. The van der Waals surface area contributed by atoms with Crippen molar-refractivity contribution in [2.45, 2.75) is 57.8 Å². The van der Waals surface area contributed by atoms with Gasteiger partial charge in [0, 0.05) is 40.7 Å². The summed E-state index contributed by atoms with van der Waals surface area (Å²) >= 11 is 0. The van der Waals surface area contributed by atoms with Crippen LogP contribution in [0.2, 0.25) is 0 Å². The number of hydrogen-bond donors (Lipinski definition) is 1. The lowest BCUT2D eigenvalue weighted by Crippen LogP contribution is -2.31. The van der Waals surface area contributed by atoms with E-state index in [1.165, 1.54) is 43.4 Å². The number of allylic oxidation sites excluding steroid dienone is 5. The van der Waals surface area contributed by atoms with Crippen LogP contribution in [0.5, 0.6) is 0 Å². The van der Waals surface area contributed by atoms with Gasteiger partial charge in [0.1, 0.15) is 5.76 Å². The molecule has 6 rings (SSSR count). The fourth-order valence-corrected chi connectivity index (χ4v) is 6.29. The lowest BCUT2D eigenvalue weighted by molar-refractivity contribution is -0.113. The Hall–Kier alpha value is -3.40. The zero-order chi connectivity index (χ0) is 24.2. The highest BCUT2D eigenvalue weighted by Crippen LogP contribution is 2.50. The SMILES string of the molecule is CC1(C)C(=CC2=C(O)C(=C3C=Nc4ccccc43)C2=O)N(CCC2CCCCC2)c2ccccc21. The van der Waals surface area contributed by atoms with Gasteiger partial charge in [-0.2, -0.15) is 0 Å². The third kappa shape index (κ3) is 3.50. The Morgan fingerprint density at radius 2 is 1.80 bits per heavy atom. The number of ketones is 1. The van der Waals surface area contributed by atoms with Crippen LogP contribution in [-0.2, 0) is 10.2 Å². The van der Waals surface area contributed by atoms with E-state index in [0.29, 0.717) is 16.7 Å². The van der Waals surface area contributed by atoms with E-state index in [0.717, 1.165) is 35.8 Å². The largest absolute Gasteiger partial charge is 0.506 e. The summed E-state index contributed by atoms with van der Waals surface area (Å²) in [5.74, 6) is 0.753. The molecule has 4 nitrogen and oxygen atoms in total. The van der Waals surface area contributed by atoms with Gasteiger partial charge in [-0.15, -0.1) is 0 Å². The van der Waals surface area contributed by atoms with Gasteiger partial charge in [-0.1, -0.05) is 82.3 Å². The molecule has 1 fully saturated rings. The Balaban J connectivity index is 1.38. The molecule has 4 heteroatoms. The summed E-state index contributed by atoms with van der Waals surface area (Å²) in [6.45, 7) is 5.38. The molecule has 0 bridgehead atoms. The molecule has 0 amide bonds. The number of rotatable bonds is 4. The number of aliphatic imine (C=N–C) groups is 1. The third-order valence-electron chi connectivity index (χ3n) is 8.33. The van der Waals surface area contributed by atoms with E-state index >= 15 is 0 Å². The highest BCUT2D eigenvalue weighted by Gasteiger charge is 2.43. The van der Waals surface area contributed by atoms with Gasteiger partial charge in [-0.3, -0.25) is 9.79 Å². The molecule has 0 radical (unpaired) electrons. The summed E-state index contributed by atoms with van der Waals surface area (Å²) in [6.07, 6.45) is 11.5. The van der Waals surface area contributed by atoms with Crippen molar-refractivity contribution in [3.8, 4) is 0 Å². The fourth-order valence-electron chi connectivity index (χ4n) is 6.29. The summed E-state index contributed by atoms with van der Waals surface area (Å²) in [7, 11) is 0. The zero-order valence-corrected chi connectivity index (χ0v) is 20.6. The molecule has 2 aliphatic carbocycles. The van der Waals surface area contributed by atoms with E-state index in [9.17, 15) is 9.90 Å². The lowest BCUT2D eigenvalue weighted by atomic mass is 9.79. The Labute approximate surface area is 207 Å². The first-order valence-corrected chi connectivity index (χ1v) is 12.9. The molecule has 35 heavy (non-hydrogen) atoms. The molecule has 2 aromatic carbocycles. The van der Waals surface area contributed by atoms with Gasteiger partial charge in [0.15, 0.2) is 0 Å². The molecule has 0 unspecified atom stereocenters. The number of anilines is 1. The minimum atomic E-state index is -0.249. The average molecular weight is 465 g/mol. The highest BCUT2D eigenvalue weighted by atomic mass is 16.3. The average Bonchev–Trinajstić information content (AvgIpc) is 3.38. The first-order valence-electron chi connectivity index (χ1n) is 12.9. The molecule has 2 aromatic rings. The predicted molar refractivity (Wildman–Crippen MR) is 142 cm³/mol. The van der Waals surface area contributed by atoms with Gasteiger partial charge >= 0.3 is 0 Å². The molecule has 2 heterocycles. The van der Waals surface area contributed by atoms with Crippen LogP contribution in [0.3, 0.4) is 0 Å². The van der Waals surface area contributed by atoms with Crippen LogP contribution in [0.15, 0.2) is 82.2 Å². The maximum Gasteiger partial charge on any atom is 0.201 e. The summed E-state index contributed by atoms with van der Waals surface area (Å²) in [5.41, 5.74) is 6.58. The second kappa shape index (κ2) is 8.37. The minimum absolute atomic E-state index is 0.0830. The van der Waals surface area contributed by atoms with Crippen LogP contribution in [0.1, 0.15) is 63.5 Å². The van der Waals surface area contributed by atoms with E-state index in [-0.39, 0.29) is 17.0 Å². The number of hydrogen-bond acceptors (Lipinski definition) is 4. The molecule has 178 valence electrons. The number of carbonyl (C=O) groups is 1. The summed E-state index contributed by atoms with van der Waals surface area (Å²) in [6, 6.07) is 16.3. The van der Waals surface area contributed by atoms with Crippen molar-refractivity contribution >= 4 is 28.9 Å². The van der Waals surface area contributed by atoms with E-state index in [4.69, 9.17) is 0 Å². The van der Waals surface area contributed by atoms with Gasteiger partial charge < -0.3 is 10.0 Å². The van der Waals surface area contributed by atoms with E-state index in [2.05, 4.69) is 48.0 Å². The number of Topliss-reactive ketones (excluding diaryl/α,β-unsaturated/α-hetero) is 1. The normalized spacial score (nSPS) is 24.2. The second-order valence-electron chi connectivity index (χ2n) is 10.8.